The first-order valence-electron chi connectivity index (χ1n) is 13.6. The molecule has 0 radical (unpaired) electrons. The van der Waals surface area contributed by atoms with E-state index in [-0.39, 0.29) is 11.5 Å². The minimum absolute atomic E-state index is 0.0393. The highest BCUT2D eigenvalue weighted by atomic mass is 16.1. The van der Waals surface area contributed by atoms with E-state index >= 15 is 0 Å². The molecule has 35 heavy (non-hydrogen) atoms. The van der Waals surface area contributed by atoms with Crippen LogP contribution in [0.4, 0.5) is 11.4 Å². The fraction of sp³-hybridized carbons (Fsp3) is 0.586. The molecule has 2 aromatic rings. The SMILES string of the molecule is CCCCc1c(C)nc2n(c1=O)N=C(C(CC)CCCC)C2=Nc1ccc(N(CC)CC)cc1C. The third kappa shape index (κ3) is 5.74. The van der Waals surface area contributed by atoms with Crippen molar-refractivity contribution in [1.29, 1.82) is 0 Å². The fourth-order valence-corrected chi connectivity index (χ4v) is 4.85. The lowest BCUT2D eigenvalue weighted by Gasteiger charge is -2.22. The fourth-order valence-electron chi connectivity index (χ4n) is 4.85. The van der Waals surface area contributed by atoms with Crippen molar-refractivity contribution in [2.24, 2.45) is 16.0 Å². The summed E-state index contributed by atoms with van der Waals surface area (Å²) in [6, 6.07) is 6.43. The van der Waals surface area contributed by atoms with Gasteiger partial charge in [0.1, 0.15) is 5.71 Å². The van der Waals surface area contributed by atoms with Crippen LogP contribution in [0.25, 0.3) is 0 Å². The molecule has 6 nitrogen and oxygen atoms in total. The number of hydrogen-bond donors (Lipinski definition) is 0. The van der Waals surface area contributed by atoms with Crippen LogP contribution in [-0.4, -0.2) is 34.2 Å². The van der Waals surface area contributed by atoms with Crippen molar-refractivity contribution in [3.63, 3.8) is 0 Å². The zero-order valence-electron chi connectivity index (χ0n) is 22.8. The quantitative estimate of drug-likeness (QED) is 0.346. The molecule has 190 valence electrons. The number of benzene rings is 1. The average Bonchev–Trinajstić information content (AvgIpc) is 3.20. The van der Waals surface area contributed by atoms with Gasteiger partial charge in [0.05, 0.1) is 11.4 Å². The van der Waals surface area contributed by atoms with Crippen molar-refractivity contribution in [2.45, 2.75) is 93.4 Å². The topological polar surface area (TPSA) is 62.9 Å². The Bertz CT molecular complexity index is 1140. The number of unbranched alkanes of at least 4 members (excludes halogenated alkanes) is 2. The molecule has 1 unspecified atom stereocenters. The Morgan fingerprint density at radius 2 is 1.74 bits per heavy atom. The predicted molar refractivity (Wildman–Crippen MR) is 149 cm³/mol. The van der Waals surface area contributed by atoms with Crippen LogP contribution >= 0.6 is 0 Å². The lowest BCUT2D eigenvalue weighted by atomic mass is 9.91. The average molecular weight is 478 g/mol. The summed E-state index contributed by atoms with van der Waals surface area (Å²) in [4.78, 5) is 25.8. The molecule has 1 atom stereocenters. The van der Waals surface area contributed by atoms with E-state index in [9.17, 15) is 4.79 Å². The van der Waals surface area contributed by atoms with Crippen molar-refractivity contribution >= 4 is 22.8 Å². The third-order valence-corrected chi connectivity index (χ3v) is 7.13. The molecule has 0 fully saturated rings. The molecular formula is C29H43N5O. The minimum Gasteiger partial charge on any atom is -0.372 e. The standard InChI is InChI=1S/C29H43N5O/c1-8-13-15-22(10-3)26-27(31-25-18-17-23(19-20(25)6)33(11-4)12-5)28-30-21(7)24(16-14-9-2)29(35)34(28)32-26/h17-19,22H,8-16H2,1-7H3. The summed E-state index contributed by atoms with van der Waals surface area (Å²) in [5.74, 6) is 0.842. The van der Waals surface area contributed by atoms with E-state index in [4.69, 9.17) is 15.1 Å². The van der Waals surface area contributed by atoms with Crippen LogP contribution in [0, 0.1) is 19.8 Å². The van der Waals surface area contributed by atoms with Crippen LogP contribution in [0.3, 0.4) is 0 Å². The van der Waals surface area contributed by atoms with Crippen LogP contribution in [0.1, 0.15) is 95.8 Å². The highest BCUT2D eigenvalue weighted by Gasteiger charge is 2.32. The normalized spacial score (nSPS) is 14.8. The molecule has 1 aliphatic rings. The molecule has 1 aromatic carbocycles. The Labute approximate surface area is 211 Å². The van der Waals surface area contributed by atoms with Crippen molar-refractivity contribution in [1.82, 2.24) is 9.66 Å². The highest BCUT2D eigenvalue weighted by Crippen LogP contribution is 2.29. The van der Waals surface area contributed by atoms with Gasteiger partial charge >= 0.3 is 0 Å². The van der Waals surface area contributed by atoms with Crippen LogP contribution in [0.5, 0.6) is 0 Å². The van der Waals surface area contributed by atoms with Gasteiger partial charge in [0.15, 0.2) is 5.82 Å². The van der Waals surface area contributed by atoms with E-state index in [1.165, 1.54) is 10.4 Å². The van der Waals surface area contributed by atoms with Gasteiger partial charge < -0.3 is 4.90 Å². The van der Waals surface area contributed by atoms with Gasteiger partial charge in [0, 0.05) is 36.0 Å². The molecule has 1 aromatic heterocycles. The molecule has 3 rings (SSSR count). The van der Waals surface area contributed by atoms with Gasteiger partial charge in [-0.15, -0.1) is 0 Å². The number of anilines is 1. The number of fused-ring (bicyclic) bond motifs is 1. The van der Waals surface area contributed by atoms with E-state index in [0.717, 1.165) is 92.0 Å². The summed E-state index contributed by atoms with van der Waals surface area (Å²) >= 11 is 0. The maximum Gasteiger partial charge on any atom is 0.277 e. The number of aromatic nitrogens is 2. The zero-order chi connectivity index (χ0) is 25.5. The second kappa shape index (κ2) is 12.3. The Balaban J connectivity index is 2.15. The van der Waals surface area contributed by atoms with Crippen LogP contribution in [-0.2, 0) is 6.42 Å². The summed E-state index contributed by atoms with van der Waals surface area (Å²) in [5, 5.41) is 4.88. The third-order valence-electron chi connectivity index (χ3n) is 7.13. The van der Waals surface area contributed by atoms with E-state index in [1.54, 1.807) is 0 Å². The van der Waals surface area contributed by atoms with E-state index in [0.29, 0.717) is 5.82 Å². The Morgan fingerprint density at radius 1 is 1.03 bits per heavy atom. The van der Waals surface area contributed by atoms with Gasteiger partial charge in [-0.3, -0.25) is 4.79 Å². The first-order chi connectivity index (χ1) is 16.9. The minimum atomic E-state index is -0.0393. The van der Waals surface area contributed by atoms with Crippen LogP contribution in [0.15, 0.2) is 33.1 Å². The van der Waals surface area contributed by atoms with Crippen LogP contribution < -0.4 is 10.5 Å². The summed E-state index contributed by atoms with van der Waals surface area (Å²) in [6.45, 7) is 16.9. The first kappa shape index (κ1) is 26.8. The molecule has 0 spiro atoms. The summed E-state index contributed by atoms with van der Waals surface area (Å²) < 4.78 is 1.53. The molecule has 2 heterocycles. The molecule has 0 amide bonds. The lowest BCUT2D eigenvalue weighted by Crippen LogP contribution is -2.27. The second-order valence-corrected chi connectivity index (χ2v) is 9.56. The van der Waals surface area contributed by atoms with Gasteiger partial charge in [-0.1, -0.05) is 40.0 Å². The van der Waals surface area contributed by atoms with Crippen molar-refractivity contribution in [3.05, 3.63) is 51.2 Å². The maximum absolute atomic E-state index is 13.5. The van der Waals surface area contributed by atoms with Gasteiger partial charge in [-0.2, -0.15) is 9.78 Å². The second-order valence-electron chi connectivity index (χ2n) is 9.56. The van der Waals surface area contributed by atoms with Gasteiger partial charge in [-0.05, 0) is 77.1 Å². The van der Waals surface area contributed by atoms with Gasteiger partial charge in [-0.25, -0.2) is 9.98 Å². The number of rotatable bonds is 12. The summed E-state index contributed by atoms with van der Waals surface area (Å²) in [7, 11) is 0. The lowest BCUT2D eigenvalue weighted by molar-refractivity contribution is 0.569. The number of hydrogen-bond acceptors (Lipinski definition) is 5. The highest BCUT2D eigenvalue weighted by molar-refractivity contribution is 6.49. The Morgan fingerprint density at radius 3 is 2.34 bits per heavy atom. The molecule has 0 N–H and O–H groups in total. The zero-order valence-corrected chi connectivity index (χ0v) is 22.8. The predicted octanol–water partition coefficient (Wildman–Crippen LogP) is 6.60. The molecule has 0 saturated carbocycles. The van der Waals surface area contributed by atoms with Gasteiger partial charge in [0.25, 0.3) is 5.56 Å². The molecule has 0 bridgehead atoms. The summed E-state index contributed by atoms with van der Waals surface area (Å²) in [6.07, 6.45) is 7.01. The number of aryl methyl sites for hydroxylation is 2. The van der Waals surface area contributed by atoms with Crippen molar-refractivity contribution in [2.75, 3.05) is 18.0 Å². The number of aliphatic imine (C=N–C) groups is 1. The monoisotopic (exact) mass is 477 g/mol. The maximum atomic E-state index is 13.5. The largest absolute Gasteiger partial charge is 0.372 e. The Kier molecular flexibility index (Phi) is 9.41. The molecule has 6 heteroatoms. The summed E-state index contributed by atoms with van der Waals surface area (Å²) in [5.41, 5.74) is 6.43. The molecule has 0 saturated heterocycles. The Hall–Kier alpha value is -2.76. The number of nitrogens with zero attached hydrogens (tertiary/aromatic N) is 5. The van der Waals surface area contributed by atoms with E-state index in [1.807, 2.05) is 6.92 Å². The smallest absolute Gasteiger partial charge is 0.277 e. The van der Waals surface area contributed by atoms with Crippen LogP contribution in [0.2, 0.25) is 0 Å². The van der Waals surface area contributed by atoms with E-state index < -0.39 is 0 Å². The van der Waals surface area contributed by atoms with E-state index in [2.05, 4.69) is 64.6 Å². The molecule has 0 aliphatic carbocycles. The van der Waals surface area contributed by atoms with Gasteiger partial charge in [0.2, 0.25) is 0 Å². The molecular weight excluding hydrogens is 434 g/mol. The van der Waals surface area contributed by atoms with Crippen molar-refractivity contribution in [3.8, 4) is 0 Å². The molecule has 1 aliphatic heterocycles. The van der Waals surface area contributed by atoms with Crippen molar-refractivity contribution < 1.29 is 0 Å². The first-order valence-corrected chi connectivity index (χ1v) is 13.6.